The van der Waals surface area contributed by atoms with Crippen LogP contribution in [0.3, 0.4) is 0 Å². The molecule has 6 nitrogen and oxygen atoms in total. The molecule has 6 heteroatoms. The van der Waals surface area contributed by atoms with Gasteiger partial charge in [-0.1, -0.05) is 25.9 Å². The number of fused-ring (bicyclic) bond motifs is 1. The highest BCUT2D eigenvalue weighted by Crippen LogP contribution is 2.26. The minimum absolute atomic E-state index is 0.0499. The van der Waals surface area contributed by atoms with E-state index in [0.29, 0.717) is 11.8 Å². The first kappa shape index (κ1) is 15.2. The molecule has 3 rings (SSSR count). The summed E-state index contributed by atoms with van der Waals surface area (Å²) in [6.45, 7) is 10.3. The van der Waals surface area contributed by atoms with E-state index in [9.17, 15) is 0 Å². The summed E-state index contributed by atoms with van der Waals surface area (Å²) in [6.07, 6.45) is 6.34. The number of hydrogen-bond donors (Lipinski definition) is 1. The zero-order chi connectivity index (χ0) is 15.7. The number of rotatable bonds is 4. The van der Waals surface area contributed by atoms with Crippen LogP contribution in [0.4, 0.5) is 0 Å². The van der Waals surface area contributed by atoms with E-state index in [1.807, 2.05) is 6.20 Å². The fourth-order valence-corrected chi connectivity index (χ4v) is 2.82. The number of aryl methyl sites for hydroxylation is 1. The van der Waals surface area contributed by atoms with Gasteiger partial charge in [0.2, 0.25) is 5.89 Å². The van der Waals surface area contributed by atoms with Gasteiger partial charge in [0.25, 0.3) is 0 Å². The summed E-state index contributed by atoms with van der Waals surface area (Å²) < 4.78 is 7.66. The van der Waals surface area contributed by atoms with E-state index in [4.69, 9.17) is 4.52 Å². The first-order chi connectivity index (χ1) is 10.4. The highest BCUT2D eigenvalue weighted by Gasteiger charge is 2.25. The summed E-state index contributed by atoms with van der Waals surface area (Å²) in [5.74, 6) is 3.05. The molecule has 2 aromatic rings. The summed E-state index contributed by atoms with van der Waals surface area (Å²) in [7, 11) is 0. The molecule has 1 aliphatic heterocycles. The van der Waals surface area contributed by atoms with Gasteiger partial charge in [-0.05, 0) is 19.8 Å². The van der Waals surface area contributed by atoms with Crippen molar-refractivity contribution in [3.63, 3.8) is 0 Å². The molecule has 0 amide bonds. The van der Waals surface area contributed by atoms with Crippen LogP contribution >= 0.6 is 0 Å². The largest absolute Gasteiger partial charge is 0.338 e. The van der Waals surface area contributed by atoms with Crippen molar-refractivity contribution in [3.05, 3.63) is 29.9 Å². The SMILES string of the molecule is C[C@@H](NC[C@H]1CCCn2ccnc21)c1nc(C(C)(C)C)no1. The third-order valence-electron chi connectivity index (χ3n) is 4.22. The molecule has 0 spiro atoms. The van der Waals surface area contributed by atoms with Gasteiger partial charge in [0.15, 0.2) is 5.82 Å². The molecule has 0 radical (unpaired) electrons. The van der Waals surface area contributed by atoms with Crippen LogP contribution in [-0.4, -0.2) is 26.2 Å². The van der Waals surface area contributed by atoms with E-state index in [2.05, 4.69) is 58.9 Å². The Morgan fingerprint density at radius 3 is 3.00 bits per heavy atom. The summed E-state index contributed by atoms with van der Waals surface area (Å²) in [4.78, 5) is 9.02. The number of nitrogens with zero attached hydrogens (tertiary/aromatic N) is 4. The van der Waals surface area contributed by atoms with E-state index in [1.165, 1.54) is 18.7 Å². The molecule has 0 unspecified atom stereocenters. The van der Waals surface area contributed by atoms with Gasteiger partial charge >= 0.3 is 0 Å². The maximum Gasteiger partial charge on any atom is 0.243 e. The van der Waals surface area contributed by atoms with Crippen molar-refractivity contribution in [1.82, 2.24) is 25.0 Å². The lowest BCUT2D eigenvalue weighted by molar-refractivity contribution is 0.322. The molecule has 0 aliphatic carbocycles. The maximum absolute atomic E-state index is 5.40. The molecule has 2 aromatic heterocycles. The summed E-state index contributed by atoms with van der Waals surface area (Å²) in [5, 5.41) is 7.60. The lowest BCUT2D eigenvalue weighted by Crippen LogP contribution is -2.29. The normalized spacial score (nSPS) is 19.9. The lowest BCUT2D eigenvalue weighted by atomic mass is 9.96. The molecule has 1 N–H and O–H groups in total. The molecule has 22 heavy (non-hydrogen) atoms. The Bertz CT molecular complexity index is 625. The van der Waals surface area contributed by atoms with Crippen molar-refractivity contribution >= 4 is 0 Å². The van der Waals surface area contributed by atoms with Crippen LogP contribution in [0.25, 0.3) is 0 Å². The summed E-state index contributed by atoms with van der Waals surface area (Å²) in [6, 6.07) is 0.0499. The molecule has 0 saturated carbocycles. The van der Waals surface area contributed by atoms with Crippen LogP contribution in [-0.2, 0) is 12.0 Å². The molecule has 0 saturated heterocycles. The topological polar surface area (TPSA) is 68.8 Å². The lowest BCUT2D eigenvalue weighted by Gasteiger charge is -2.24. The van der Waals surface area contributed by atoms with Crippen molar-refractivity contribution in [2.45, 2.75) is 64.5 Å². The average Bonchev–Trinajstić information content (AvgIpc) is 3.12. The molecule has 120 valence electrons. The number of aromatic nitrogens is 4. The second kappa shape index (κ2) is 5.83. The monoisotopic (exact) mass is 303 g/mol. The van der Waals surface area contributed by atoms with Gasteiger partial charge in [0.1, 0.15) is 5.82 Å². The van der Waals surface area contributed by atoms with Gasteiger partial charge in [0.05, 0.1) is 6.04 Å². The van der Waals surface area contributed by atoms with E-state index in [1.54, 1.807) is 0 Å². The molecule has 0 fully saturated rings. The zero-order valence-corrected chi connectivity index (χ0v) is 13.8. The Labute approximate surface area is 131 Å². The summed E-state index contributed by atoms with van der Waals surface area (Å²) >= 11 is 0. The number of imidazole rings is 1. The average molecular weight is 303 g/mol. The van der Waals surface area contributed by atoms with Gasteiger partial charge in [0, 0.05) is 36.8 Å². The van der Waals surface area contributed by atoms with E-state index in [0.717, 1.165) is 18.9 Å². The predicted molar refractivity (Wildman–Crippen MR) is 83.6 cm³/mol. The first-order valence-corrected chi connectivity index (χ1v) is 8.03. The van der Waals surface area contributed by atoms with Crippen LogP contribution in [0.15, 0.2) is 16.9 Å². The number of hydrogen-bond acceptors (Lipinski definition) is 5. The Morgan fingerprint density at radius 1 is 1.45 bits per heavy atom. The molecular formula is C16H25N5O. The smallest absolute Gasteiger partial charge is 0.243 e. The van der Waals surface area contributed by atoms with Gasteiger partial charge in [-0.15, -0.1) is 0 Å². The Morgan fingerprint density at radius 2 is 2.27 bits per heavy atom. The molecule has 2 atom stereocenters. The minimum Gasteiger partial charge on any atom is -0.338 e. The predicted octanol–water partition coefficient (Wildman–Crippen LogP) is 2.79. The standard InChI is InChI=1S/C16H25N5O/c1-11(14-19-15(20-22-14)16(2,3)4)18-10-12-6-5-8-21-9-7-17-13(12)21/h7,9,11-12,18H,5-6,8,10H2,1-4H3/t11-,12-/m1/s1. The molecule has 0 aromatic carbocycles. The third kappa shape index (κ3) is 3.06. The summed E-state index contributed by atoms with van der Waals surface area (Å²) in [5.41, 5.74) is -0.0877. The number of nitrogens with one attached hydrogen (secondary N) is 1. The van der Waals surface area contributed by atoms with E-state index in [-0.39, 0.29) is 11.5 Å². The van der Waals surface area contributed by atoms with Gasteiger partial charge in [-0.3, -0.25) is 0 Å². The fourth-order valence-electron chi connectivity index (χ4n) is 2.82. The van der Waals surface area contributed by atoms with Crippen molar-refractivity contribution in [2.24, 2.45) is 0 Å². The molecule has 1 aliphatic rings. The van der Waals surface area contributed by atoms with Crippen LogP contribution in [0, 0.1) is 0 Å². The van der Waals surface area contributed by atoms with Gasteiger partial charge in [-0.25, -0.2) is 4.98 Å². The van der Waals surface area contributed by atoms with Crippen LogP contribution in [0.1, 0.15) is 70.0 Å². The highest BCUT2D eigenvalue weighted by atomic mass is 16.5. The Kier molecular flexibility index (Phi) is 4.04. The van der Waals surface area contributed by atoms with Gasteiger partial charge < -0.3 is 14.4 Å². The first-order valence-electron chi connectivity index (χ1n) is 8.03. The third-order valence-corrected chi connectivity index (χ3v) is 4.22. The van der Waals surface area contributed by atoms with Crippen molar-refractivity contribution in [1.29, 1.82) is 0 Å². The van der Waals surface area contributed by atoms with Gasteiger partial charge in [-0.2, -0.15) is 4.98 Å². The van der Waals surface area contributed by atoms with Crippen LogP contribution in [0.5, 0.6) is 0 Å². The molecular weight excluding hydrogens is 278 g/mol. The van der Waals surface area contributed by atoms with Crippen LogP contribution < -0.4 is 5.32 Å². The van der Waals surface area contributed by atoms with Crippen molar-refractivity contribution in [3.8, 4) is 0 Å². The highest BCUT2D eigenvalue weighted by molar-refractivity contribution is 5.05. The van der Waals surface area contributed by atoms with E-state index >= 15 is 0 Å². The van der Waals surface area contributed by atoms with Crippen molar-refractivity contribution in [2.75, 3.05) is 6.54 Å². The zero-order valence-electron chi connectivity index (χ0n) is 13.8. The maximum atomic E-state index is 5.40. The van der Waals surface area contributed by atoms with E-state index < -0.39 is 0 Å². The minimum atomic E-state index is -0.0877. The molecule has 3 heterocycles. The second-order valence-corrected chi connectivity index (χ2v) is 7.15. The quantitative estimate of drug-likeness (QED) is 0.940. The molecule has 0 bridgehead atoms. The van der Waals surface area contributed by atoms with Crippen LogP contribution in [0.2, 0.25) is 0 Å². The van der Waals surface area contributed by atoms with Crippen molar-refractivity contribution < 1.29 is 4.52 Å². The Balaban J connectivity index is 1.62. The fraction of sp³-hybridized carbons (Fsp3) is 0.688. The Hall–Kier alpha value is -1.69. The second-order valence-electron chi connectivity index (χ2n) is 7.15.